The largest absolute Gasteiger partial charge is 0.389 e. The van der Waals surface area contributed by atoms with Crippen molar-refractivity contribution in [1.29, 1.82) is 0 Å². The molecule has 1 aromatic rings. The number of aliphatic hydroxyl groups is 1. The van der Waals surface area contributed by atoms with Crippen LogP contribution in [0.25, 0.3) is 0 Å². The molecule has 1 aromatic carbocycles. The molecule has 2 N–H and O–H groups in total. The summed E-state index contributed by atoms with van der Waals surface area (Å²) in [5.74, 6) is 0. The SMILES string of the molecule is COCC(O)CNC(C)c1ccc(Cl)c(Cl)c1. The Kier molecular flexibility index (Phi) is 6.23. The van der Waals surface area contributed by atoms with Crippen LogP contribution in [0.1, 0.15) is 18.5 Å². The van der Waals surface area contributed by atoms with E-state index in [-0.39, 0.29) is 6.04 Å². The zero-order valence-electron chi connectivity index (χ0n) is 9.91. The number of ether oxygens (including phenoxy) is 1. The fraction of sp³-hybridized carbons (Fsp3) is 0.500. The Balaban J connectivity index is 2.52. The van der Waals surface area contributed by atoms with Gasteiger partial charge in [0.2, 0.25) is 0 Å². The quantitative estimate of drug-likeness (QED) is 0.840. The number of hydrogen-bond donors (Lipinski definition) is 2. The summed E-state index contributed by atoms with van der Waals surface area (Å²) in [7, 11) is 1.56. The zero-order valence-corrected chi connectivity index (χ0v) is 11.4. The lowest BCUT2D eigenvalue weighted by Gasteiger charge is -2.17. The van der Waals surface area contributed by atoms with Gasteiger partial charge in [-0.1, -0.05) is 29.3 Å². The second kappa shape index (κ2) is 7.19. The standard InChI is InChI=1S/C12H17Cl2NO2/c1-8(15-6-10(16)7-17-2)9-3-4-11(13)12(14)5-9/h3-5,8,10,15-16H,6-7H2,1-2H3. The van der Waals surface area contributed by atoms with Crippen molar-refractivity contribution in [1.82, 2.24) is 5.32 Å². The van der Waals surface area contributed by atoms with Gasteiger partial charge in [-0.25, -0.2) is 0 Å². The minimum absolute atomic E-state index is 0.0938. The average Bonchev–Trinajstić information content (AvgIpc) is 2.30. The highest BCUT2D eigenvalue weighted by Gasteiger charge is 2.09. The highest BCUT2D eigenvalue weighted by Crippen LogP contribution is 2.25. The van der Waals surface area contributed by atoms with Gasteiger partial charge in [-0.3, -0.25) is 0 Å². The molecule has 2 atom stereocenters. The second-order valence-corrected chi connectivity index (χ2v) is 4.73. The molecule has 2 unspecified atom stereocenters. The van der Waals surface area contributed by atoms with Crippen LogP contribution < -0.4 is 5.32 Å². The zero-order chi connectivity index (χ0) is 12.8. The van der Waals surface area contributed by atoms with Crippen molar-refractivity contribution in [2.75, 3.05) is 20.3 Å². The van der Waals surface area contributed by atoms with Gasteiger partial charge < -0.3 is 15.2 Å². The van der Waals surface area contributed by atoms with Crippen LogP contribution in [0.5, 0.6) is 0 Å². The van der Waals surface area contributed by atoms with Gasteiger partial charge in [-0.2, -0.15) is 0 Å². The molecule has 0 spiro atoms. The van der Waals surface area contributed by atoms with E-state index in [9.17, 15) is 5.11 Å². The molecule has 0 aliphatic carbocycles. The van der Waals surface area contributed by atoms with E-state index in [1.165, 1.54) is 0 Å². The average molecular weight is 278 g/mol. The van der Waals surface area contributed by atoms with Gasteiger partial charge in [-0.15, -0.1) is 0 Å². The minimum Gasteiger partial charge on any atom is -0.389 e. The van der Waals surface area contributed by atoms with Gasteiger partial charge in [0.15, 0.2) is 0 Å². The lowest BCUT2D eigenvalue weighted by molar-refractivity contribution is 0.0630. The van der Waals surface area contributed by atoms with Crippen molar-refractivity contribution in [3.63, 3.8) is 0 Å². The Morgan fingerprint density at radius 2 is 2.06 bits per heavy atom. The highest BCUT2D eigenvalue weighted by atomic mass is 35.5. The Bertz CT molecular complexity index is 360. The van der Waals surface area contributed by atoms with Crippen LogP contribution in [-0.4, -0.2) is 31.5 Å². The molecule has 0 bridgehead atoms. The number of benzene rings is 1. The van der Waals surface area contributed by atoms with E-state index in [4.69, 9.17) is 27.9 Å². The Hall–Kier alpha value is -0.320. The first-order valence-corrected chi connectivity index (χ1v) is 6.15. The van der Waals surface area contributed by atoms with E-state index < -0.39 is 6.10 Å². The molecule has 0 aliphatic heterocycles. The molecule has 0 fully saturated rings. The van der Waals surface area contributed by atoms with E-state index in [0.29, 0.717) is 23.2 Å². The predicted octanol–water partition coefficient (Wildman–Crippen LogP) is 2.65. The smallest absolute Gasteiger partial charge is 0.0897 e. The minimum atomic E-state index is -0.509. The Morgan fingerprint density at radius 3 is 2.65 bits per heavy atom. The molecule has 0 radical (unpaired) electrons. The van der Waals surface area contributed by atoms with Gasteiger partial charge in [0.1, 0.15) is 0 Å². The number of nitrogens with one attached hydrogen (secondary N) is 1. The molecule has 0 saturated carbocycles. The first-order valence-electron chi connectivity index (χ1n) is 5.40. The number of rotatable bonds is 6. The highest BCUT2D eigenvalue weighted by molar-refractivity contribution is 6.42. The maximum Gasteiger partial charge on any atom is 0.0897 e. The van der Waals surface area contributed by atoms with E-state index in [2.05, 4.69) is 5.32 Å². The van der Waals surface area contributed by atoms with Crippen LogP contribution in [-0.2, 0) is 4.74 Å². The van der Waals surface area contributed by atoms with Gasteiger partial charge in [-0.05, 0) is 24.6 Å². The molecule has 0 aliphatic rings. The van der Waals surface area contributed by atoms with Crippen LogP contribution in [0.15, 0.2) is 18.2 Å². The third kappa shape index (κ3) is 4.82. The van der Waals surface area contributed by atoms with Crippen LogP contribution in [0.2, 0.25) is 10.0 Å². The van der Waals surface area contributed by atoms with Crippen molar-refractivity contribution in [2.24, 2.45) is 0 Å². The van der Waals surface area contributed by atoms with Gasteiger partial charge in [0.25, 0.3) is 0 Å². The molecule has 0 saturated heterocycles. The topological polar surface area (TPSA) is 41.5 Å². The number of aliphatic hydroxyl groups excluding tert-OH is 1. The van der Waals surface area contributed by atoms with E-state index >= 15 is 0 Å². The molecule has 3 nitrogen and oxygen atoms in total. The molecule has 1 rings (SSSR count). The third-order valence-corrected chi connectivity index (χ3v) is 3.20. The van der Waals surface area contributed by atoms with E-state index in [1.54, 1.807) is 13.2 Å². The third-order valence-electron chi connectivity index (χ3n) is 2.46. The molecular formula is C12H17Cl2NO2. The molecule has 0 heterocycles. The molecule has 0 amide bonds. The van der Waals surface area contributed by atoms with Crippen molar-refractivity contribution >= 4 is 23.2 Å². The first kappa shape index (κ1) is 14.7. The summed E-state index contributed by atoms with van der Waals surface area (Å²) in [4.78, 5) is 0. The maximum atomic E-state index is 9.51. The summed E-state index contributed by atoms with van der Waals surface area (Å²) >= 11 is 11.8. The van der Waals surface area contributed by atoms with Gasteiger partial charge in [0.05, 0.1) is 22.8 Å². The van der Waals surface area contributed by atoms with Crippen molar-refractivity contribution in [3.05, 3.63) is 33.8 Å². The van der Waals surface area contributed by atoms with E-state index in [0.717, 1.165) is 5.56 Å². The predicted molar refractivity (Wildman–Crippen MR) is 70.8 cm³/mol. The van der Waals surface area contributed by atoms with E-state index in [1.807, 2.05) is 19.1 Å². The summed E-state index contributed by atoms with van der Waals surface area (Å²) in [5, 5.41) is 13.8. The fourth-order valence-electron chi connectivity index (χ4n) is 1.46. The Labute approximate surface area is 112 Å². The number of halogens is 2. The summed E-state index contributed by atoms with van der Waals surface area (Å²) in [6.07, 6.45) is -0.509. The lowest BCUT2D eigenvalue weighted by Crippen LogP contribution is -2.31. The normalized spacial score (nSPS) is 14.6. The Morgan fingerprint density at radius 1 is 1.35 bits per heavy atom. The van der Waals surface area contributed by atoms with Gasteiger partial charge in [0, 0.05) is 19.7 Å². The summed E-state index contributed by atoms with van der Waals surface area (Å²) in [6, 6.07) is 5.60. The summed E-state index contributed by atoms with van der Waals surface area (Å²) < 4.78 is 4.85. The number of hydrogen-bond acceptors (Lipinski definition) is 3. The molecule has 5 heteroatoms. The van der Waals surface area contributed by atoms with Crippen molar-refractivity contribution < 1.29 is 9.84 Å². The summed E-state index contributed by atoms with van der Waals surface area (Å²) in [6.45, 7) is 2.79. The molecule has 96 valence electrons. The van der Waals surface area contributed by atoms with Crippen molar-refractivity contribution in [3.8, 4) is 0 Å². The van der Waals surface area contributed by atoms with Crippen LogP contribution in [0, 0.1) is 0 Å². The maximum absolute atomic E-state index is 9.51. The summed E-state index contributed by atoms with van der Waals surface area (Å²) in [5.41, 5.74) is 1.03. The number of methoxy groups -OCH3 is 1. The molecule has 17 heavy (non-hydrogen) atoms. The lowest BCUT2D eigenvalue weighted by atomic mass is 10.1. The van der Waals surface area contributed by atoms with Crippen molar-refractivity contribution in [2.45, 2.75) is 19.1 Å². The van der Waals surface area contributed by atoms with Gasteiger partial charge >= 0.3 is 0 Å². The molecular weight excluding hydrogens is 261 g/mol. The molecule has 0 aromatic heterocycles. The monoisotopic (exact) mass is 277 g/mol. The van der Waals surface area contributed by atoms with Crippen LogP contribution in [0.3, 0.4) is 0 Å². The first-order chi connectivity index (χ1) is 8.04. The fourth-order valence-corrected chi connectivity index (χ4v) is 1.77. The van der Waals surface area contributed by atoms with Crippen LogP contribution in [0.4, 0.5) is 0 Å². The van der Waals surface area contributed by atoms with Crippen LogP contribution >= 0.6 is 23.2 Å². The second-order valence-electron chi connectivity index (χ2n) is 3.91.